The maximum absolute atomic E-state index is 11.1. The van der Waals surface area contributed by atoms with Gasteiger partial charge >= 0.3 is 5.97 Å². The molecule has 0 aliphatic carbocycles. The molecule has 1 aromatic carbocycles. The Hall–Kier alpha value is -0.390. The highest BCUT2D eigenvalue weighted by Crippen LogP contribution is 2.23. The van der Waals surface area contributed by atoms with Gasteiger partial charge in [-0.1, -0.05) is 6.07 Å². The highest BCUT2D eigenvalue weighted by molar-refractivity contribution is 9.13. The summed E-state index contributed by atoms with van der Waals surface area (Å²) in [4.78, 5) is 11.1. The van der Waals surface area contributed by atoms with E-state index in [-0.39, 0.29) is 5.97 Å². The number of rotatable bonds is 6. The molecular formula is C12H15Br2NO2. The van der Waals surface area contributed by atoms with E-state index in [9.17, 15) is 4.79 Å². The van der Waals surface area contributed by atoms with Crippen molar-refractivity contribution < 1.29 is 9.53 Å². The van der Waals surface area contributed by atoms with Crippen molar-refractivity contribution in [1.29, 1.82) is 0 Å². The first-order chi connectivity index (χ1) is 8.13. The number of carbonyl (C=O) groups is 1. The smallest absolute Gasteiger partial charge is 0.307 e. The third-order valence-corrected chi connectivity index (χ3v) is 4.00. The zero-order valence-corrected chi connectivity index (χ0v) is 12.8. The molecule has 0 saturated carbocycles. The van der Waals surface area contributed by atoms with Crippen LogP contribution in [0.15, 0.2) is 27.1 Å². The minimum absolute atomic E-state index is 0.156. The molecule has 0 aromatic heterocycles. The van der Waals surface area contributed by atoms with Crippen LogP contribution >= 0.6 is 31.9 Å². The van der Waals surface area contributed by atoms with Gasteiger partial charge in [0.25, 0.3) is 0 Å². The Morgan fingerprint density at radius 1 is 1.35 bits per heavy atom. The lowest BCUT2D eigenvalue weighted by Gasteiger charge is -2.06. The minimum Gasteiger partial charge on any atom is -0.466 e. The molecule has 3 nitrogen and oxygen atoms in total. The molecule has 0 amide bonds. The topological polar surface area (TPSA) is 38.3 Å². The van der Waals surface area contributed by atoms with Crippen molar-refractivity contribution in [1.82, 2.24) is 5.32 Å². The lowest BCUT2D eigenvalue weighted by atomic mass is 10.2. The Morgan fingerprint density at radius 2 is 2.12 bits per heavy atom. The average molecular weight is 365 g/mol. The minimum atomic E-state index is -0.156. The normalized spacial score (nSPS) is 10.3. The average Bonchev–Trinajstić information content (AvgIpc) is 2.29. The first-order valence-electron chi connectivity index (χ1n) is 5.43. The molecule has 1 rings (SSSR count). The van der Waals surface area contributed by atoms with Crippen LogP contribution < -0.4 is 5.32 Å². The van der Waals surface area contributed by atoms with Crippen molar-refractivity contribution >= 4 is 37.8 Å². The number of halogens is 2. The summed E-state index contributed by atoms with van der Waals surface area (Å²) in [6.45, 7) is 3.63. The summed E-state index contributed by atoms with van der Waals surface area (Å²) in [5, 5.41) is 3.20. The molecule has 0 radical (unpaired) electrons. The third kappa shape index (κ3) is 5.66. The number of hydrogen-bond acceptors (Lipinski definition) is 3. The van der Waals surface area contributed by atoms with Crippen LogP contribution in [-0.4, -0.2) is 19.1 Å². The maximum Gasteiger partial charge on any atom is 0.307 e. The largest absolute Gasteiger partial charge is 0.466 e. The lowest BCUT2D eigenvalue weighted by molar-refractivity contribution is -0.142. The molecule has 0 aliphatic heterocycles. The predicted molar refractivity (Wildman–Crippen MR) is 74.8 cm³/mol. The first kappa shape index (κ1) is 14.7. The Balaban J connectivity index is 2.26. The quantitative estimate of drug-likeness (QED) is 0.622. The Labute approximate surface area is 118 Å². The Morgan fingerprint density at radius 3 is 2.76 bits per heavy atom. The van der Waals surface area contributed by atoms with Gasteiger partial charge in [0.1, 0.15) is 0 Å². The summed E-state index contributed by atoms with van der Waals surface area (Å²) in [7, 11) is 0. The SMILES string of the molecule is CCOC(=O)CCNCc1ccc(Br)c(Br)c1. The highest BCUT2D eigenvalue weighted by atomic mass is 79.9. The number of nitrogens with one attached hydrogen (secondary N) is 1. The van der Waals surface area contributed by atoms with Gasteiger partial charge in [0.2, 0.25) is 0 Å². The molecule has 1 aromatic rings. The number of carbonyl (C=O) groups excluding carboxylic acids is 1. The summed E-state index contributed by atoms with van der Waals surface area (Å²) in [5.41, 5.74) is 1.17. The summed E-state index contributed by atoms with van der Waals surface area (Å²) < 4.78 is 6.90. The fourth-order valence-electron chi connectivity index (χ4n) is 1.31. The van der Waals surface area contributed by atoms with E-state index in [1.54, 1.807) is 0 Å². The van der Waals surface area contributed by atoms with Gasteiger partial charge in [0.05, 0.1) is 13.0 Å². The molecule has 0 saturated heterocycles. The van der Waals surface area contributed by atoms with Gasteiger partial charge in [-0.05, 0) is 56.5 Å². The summed E-state index contributed by atoms with van der Waals surface area (Å²) in [5.74, 6) is -0.156. The standard InChI is InChI=1S/C12H15Br2NO2/c1-2-17-12(16)5-6-15-8-9-3-4-10(13)11(14)7-9/h3-4,7,15H,2,5-6,8H2,1H3. The van der Waals surface area contributed by atoms with Crippen molar-refractivity contribution in [3.05, 3.63) is 32.7 Å². The number of benzene rings is 1. The lowest BCUT2D eigenvalue weighted by Crippen LogP contribution is -2.19. The van der Waals surface area contributed by atoms with Crippen LogP contribution in [-0.2, 0) is 16.1 Å². The van der Waals surface area contributed by atoms with E-state index in [0.717, 1.165) is 15.5 Å². The summed E-state index contributed by atoms with van der Waals surface area (Å²) >= 11 is 6.87. The molecule has 1 N–H and O–H groups in total. The zero-order chi connectivity index (χ0) is 12.7. The van der Waals surface area contributed by atoms with E-state index in [1.807, 2.05) is 25.1 Å². The van der Waals surface area contributed by atoms with E-state index in [4.69, 9.17) is 4.74 Å². The van der Waals surface area contributed by atoms with Gasteiger partial charge in [0.15, 0.2) is 0 Å². The molecule has 0 fully saturated rings. The number of ether oxygens (including phenoxy) is 1. The van der Waals surface area contributed by atoms with Crippen molar-refractivity contribution in [3.8, 4) is 0 Å². The summed E-state index contributed by atoms with van der Waals surface area (Å²) in [6, 6.07) is 6.07. The third-order valence-electron chi connectivity index (χ3n) is 2.12. The Kier molecular flexibility index (Phi) is 6.77. The van der Waals surface area contributed by atoms with Gasteiger partial charge in [-0.2, -0.15) is 0 Å². The molecule has 0 heterocycles. The fraction of sp³-hybridized carbons (Fsp3) is 0.417. The molecule has 0 bridgehead atoms. The van der Waals surface area contributed by atoms with E-state index in [1.165, 1.54) is 5.56 Å². The first-order valence-corrected chi connectivity index (χ1v) is 7.02. The van der Waals surface area contributed by atoms with Gasteiger partial charge < -0.3 is 10.1 Å². The number of hydrogen-bond donors (Lipinski definition) is 1. The van der Waals surface area contributed by atoms with Crippen LogP contribution in [0.1, 0.15) is 18.9 Å². The van der Waals surface area contributed by atoms with Crippen molar-refractivity contribution in [2.45, 2.75) is 19.9 Å². The van der Waals surface area contributed by atoms with Gasteiger partial charge in [-0.15, -0.1) is 0 Å². The van der Waals surface area contributed by atoms with Crippen LogP contribution in [0.2, 0.25) is 0 Å². The van der Waals surface area contributed by atoms with Crippen molar-refractivity contribution in [3.63, 3.8) is 0 Å². The monoisotopic (exact) mass is 363 g/mol. The zero-order valence-electron chi connectivity index (χ0n) is 9.63. The molecular weight excluding hydrogens is 350 g/mol. The van der Waals surface area contributed by atoms with E-state index in [2.05, 4.69) is 37.2 Å². The highest BCUT2D eigenvalue weighted by Gasteiger charge is 2.01. The van der Waals surface area contributed by atoms with Crippen molar-refractivity contribution in [2.24, 2.45) is 0 Å². The number of esters is 1. The molecule has 5 heteroatoms. The van der Waals surface area contributed by atoms with Gasteiger partial charge in [0, 0.05) is 22.0 Å². The molecule has 17 heavy (non-hydrogen) atoms. The predicted octanol–water partition coefficient (Wildman–Crippen LogP) is 3.25. The van der Waals surface area contributed by atoms with Crippen LogP contribution in [0, 0.1) is 0 Å². The van der Waals surface area contributed by atoms with E-state index < -0.39 is 0 Å². The molecule has 94 valence electrons. The second kappa shape index (κ2) is 7.84. The van der Waals surface area contributed by atoms with Crippen LogP contribution in [0.5, 0.6) is 0 Å². The van der Waals surface area contributed by atoms with E-state index in [0.29, 0.717) is 19.6 Å². The van der Waals surface area contributed by atoms with Crippen LogP contribution in [0.3, 0.4) is 0 Å². The van der Waals surface area contributed by atoms with Crippen molar-refractivity contribution in [2.75, 3.05) is 13.2 Å². The molecule has 0 spiro atoms. The molecule has 0 aliphatic rings. The second-order valence-corrected chi connectivity index (χ2v) is 5.19. The maximum atomic E-state index is 11.1. The molecule has 0 atom stereocenters. The van der Waals surface area contributed by atoms with Crippen LogP contribution in [0.4, 0.5) is 0 Å². The Bertz CT molecular complexity index is 383. The summed E-state index contributed by atoms with van der Waals surface area (Å²) in [6.07, 6.45) is 0.408. The fourth-order valence-corrected chi connectivity index (χ4v) is 1.98. The van der Waals surface area contributed by atoms with Gasteiger partial charge in [-0.3, -0.25) is 4.79 Å². The second-order valence-electron chi connectivity index (χ2n) is 3.48. The van der Waals surface area contributed by atoms with Crippen LogP contribution in [0.25, 0.3) is 0 Å². The van der Waals surface area contributed by atoms with Gasteiger partial charge in [-0.25, -0.2) is 0 Å². The van der Waals surface area contributed by atoms with E-state index >= 15 is 0 Å². The molecule has 0 unspecified atom stereocenters.